The second-order valence-electron chi connectivity index (χ2n) is 5.60. The first kappa shape index (κ1) is 11.0. The first-order valence-corrected chi connectivity index (χ1v) is 5.66. The summed E-state index contributed by atoms with van der Waals surface area (Å²) < 4.78 is 0. The van der Waals surface area contributed by atoms with E-state index in [0.717, 1.165) is 11.8 Å². The fourth-order valence-electron chi connectivity index (χ4n) is 2.00. The summed E-state index contributed by atoms with van der Waals surface area (Å²) in [5.74, 6) is 0.330. The summed E-state index contributed by atoms with van der Waals surface area (Å²) in [6, 6.07) is 11.9. The average molecular weight is 214 g/mol. The number of fused-ring (bicyclic) bond motifs is 1. The van der Waals surface area contributed by atoms with E-state index in [4.69, 9.17) is 0 Å². The Bertz CT molecular complexity index is 506. The zero-order chi connectivity index (χ0) is 11.8. The minimum atomic E-state index is 0.310. The summed E-state index contributed by atoms with van der Waals surface area (Å²) in [5, 5.41) is 11.7. The summed E-state index contributed by atoms with van der Waals surface area (Å²) in [4.78, 5) is 0. The maximum absolute atomic E-state index is 9.39. The number of phenolic OH excluding ortho intramolecular Hbond substituents is 1. The second-order valence-corrected chi connectivity index (χ2v) is 5.60. The maximum atomic E-state index is 9.39. The van der Waals surface area contributed by atoms with Crippen molar-refractivity contribution in [3.8, 4) is 5.75 Å². The van der Waals surface area contributed by atoms with Gasteiger partial charge in [0.2, 0.25) is 0 Å². The average Bonchev–Trinajstić information content (AvgIpc) is 2.16. The Labute approximate surface area is 96.7 Å². The lowest BCUT2D eigenvalue weighted by Crippen LogP contribution is -2.08. The van der Waals surface area contributed by atoms with Gasteiger partial charge in [-0.15, -0.1) is 0 Å². The highest BCUT2D eigenvalue weighted by molar-refractivity contribution is 5.84. The van der Waals surface area contributed by atoms with E-state index < -0.39 is 0 Å². The molecule has 0 atom stereocenters. The Hall–Kier alpha value is -1.50. The minimum absolute atomic E-state index is 0.310. The van der Waals surface area contributed by atoms with Gasteiger partial charge in [0.15, 0.2) is 0 Å². The Morgan fingerprint density at radius 1 is 0.938 bits per heavy atom. The lowest BCUT2D eigenvalue weighted by Gasteiger charge is -2.18. The molecule has 0 aliphatic heterocycles. The molecule has 0 spiro atoms. The third kappa shape index (κ3) is 2.54. The number of hydrogen-bond donors (Lipinski definition) is 1. The summed E-state index contributed by atoms with van der Waals surface area (Å²) >= 11 is 0. The normalized spacial score (nSPS) is 11.9. The van der Waals surface area contributed by atoms with Gasteiger partial charge in [-0.3, -0.25) is 0 Å². The Morgan fingerprint density at radius 2 is 1.56 bits per heavy atom. The molecule has 0 heterocycles. The molecule has 1 heteroatoms. The molecule has 0 aromatic heterocycles. The van der Waals surface area contributed by atoms with E-state index in [1.807, 2.05) is 6.07 Å². The number of benzene rings is 2. The molecular formula is C15H18O. The van der Waals surface area contributed by atoms with Crippen LogP contribution in [0.2, 0.25) is 0 Å². The van der Waals surface area contributed by atoms with Crippen molar-refractivity contribution in [2.75, 3.05) is 0 Å². The van der Waals surface area contributed by atoms with E-state index >= 15 is 0 Å². The van der Waals surface area contributed by atoms with E-state index in [0.29, 0.717) is 11.2 Å². The van der Waals surface area contributed by atoms with Crippen LogP contribution >= 0.6 is 0 Å². The number of phenols is 1. The summed E-state index contributed by atoms with van der Waals surface area (Å²) in [6.45, 7) is 6.73. The van der Waals surface area contributed by atoms with Gasteiger partial charge < -0.3 is 5.11 Å². The van der Waals surface area contributed by atoms with Gasteiger partial charge in [-0.05, 0) is 40.3 Å². The highest BCUT2D eigenvalue weighted by atomic mass is 16.3. The van der Waals surface area contributed by atoms with E-state index in [2.05, 4.69) is 39.0 Å². The van der Waals surface area contributed by atoms with Crippen LogP contribution in [0.4, 0.5) is 0 Å². The first-order chi connectivity index (χ1) is 7.44. The molecule has 0 saturated heterocycles. The van der Waals surface area contributed by atoms with E-state index in [1.54, 1.807) is 12.1 Å². The SMILES string of the molecule is CC(C)(C)Cc1ccc2cc(O)ccc2c1. The Morgan fingerprint density at radius 3 is 2.25 bits per heavy atom. The van der Waals surface area contributed by atoms with Crippen LogP contribution in [0.25, 0.3) is 10.8 Å². The van der Waals surface area contributed by atoms with Gasteiger partial charge in [-0.25, -0.2) is 0 Å². The van der Waals surface area contributed by atoms with Gasteiger partial charge in [0.05, 0.1) is 0 Å². The van der Waals surface area contributed by atoms with Crippen LogP contribution in [-0.4, -0.2) is 5.11 Å². The molecule has 0 aliphatic carbocycles. The third-order valence-corrected chi connectivity index (χ3v) is 2.62. The van der Waals surface area contributed by atoms with E-state index in [-0.39, 0.29) is 0 Å². The molecule has 1 N–H and O–H groups in total. The summed E-state index contributed by atoms with van der Waals surface area (Å²) in [5.41, 5.74) is 1.66. The van der Waals surface area contributed by atoms with Crippen LogP contribution in [0.15, 0.2) is 36.4 Å². The molecule has 2 aromatic rings. The standard InChI is InChI=1S/C15H18O/c1-15(2,3)10-11-4-5-13-9-14(16)7-6-12(13)8-11/h4-9,16H,10H2,1-3H3. The monoisotopic (exact) mass is 214 g/mol. The van der Waals surface area contributed by atoms with Crippen molar-refractivity contribution < 1.29 is 5.11 Å². The van der Waals surface area contributed by atoms with Crippen LogP contribution < -0.4 is 0 Å². The molecular weight excluding hydrogens is 196 g/mol. The molecule has 0 unspecified atom stereocenters. The van der Waals surface area contributed by atoms with Crippen molar-refractivity contribution in [3.05, 3.63) is 42.0 Å². The highest BCUT2D eigenvalue weighted by Gasteiger charge is 2.11. The van der Waals surface area contributed by atoms with Gasteiger partial charge >= 0.3 is 0 Å². The van der Waals surface area contributed by atoms with E-state index in [1.165, 1.54) is 10.9 Å². The van der Waals surface area contributed by atoms with Gasteiger partial charge in [0.25, 0.3) is 0 Å². The molecule has 0 amide bonds. The van der Waals surface area contributed by atoms with Crippen molar-refractivity contribution in [2.24, 2.45) is 5.41 Å². The van der Waals surface area contributed by atoms with Gasteiger partial charge in [-0.1, -0.05) is 45.0 Å². The lowest BCUT2D eigenvalue weighted by molar-refractivity contribution is 0.411. The highest BCUT2D eigenvalue weighted by Crippen LogP contribution is 2.25. The predicted molar refractivity (Wildman–Crippen MR) is 68.8 cm³/mol. The molecule has 2 aromatic carbocycles. The predicted octanol–water partition coefficient (Wildman–Crippen LogP) is 4.13. The van der Waals surface area contributed by atoms with Crippen molar-refractivity contribution >= 4 is 10.8 Å². The third-order valence-electron chi connectivity index (χ3n) is 2.62. The van der Waals surface area contributed by atoms with Crippen LogP contribution in [0.5, 0.6) is 5.75 Å². The number of hydrogen-bond acceptors (Lipinski definition) is 1. The van der Waals surface area contributed by atoms with Crippen molar-refractivity contribution in [2.45, 2.75) is 27.2 Å². The zero-order valence-electron chi connectivity index (χ0n) is 10.1. The van der Waals surface area contributed by atoms with Crippen LogP contribution in [0.3, 0.4) is 0 Å². The lowest BCUT2D eigenvalue weighted by atomic mass is 9.87. The number of rotatable bonds is 1. The first-order valence-electron chi connectivity index (χ1n) is 5.66. The molecule has 84 valence electrons. The van der Waals surface area contributed by atoms with E-state index in [9.17, 15) is 5.11 Å². The van der Waals surface area contributed by atoms with Crippen LogP contribution in [0, 0.1) is 5.41 Å². The van der Waals surface area contributed by atoms with Crippen molar-refractivity contribution in [3.63, 3.8) is 0 Å². The molecule has 0 aliphatic rings. The second kappa shape index (κ2) is 3.82. The van der Waals surface area contributed by atoms with Crippen LogP contribution in [-0.2, 0) is 6.42 Å². The summed E-state index contributed by atoms with van der Waals surface area (Å²) in [6.07, 6.45) is 1.07. The molecule has 16 heavy (non-hydrogen) atoms. The largest absolute Gasteiger partial charge is 0.508 e. The molecule has 0 fully saturated rings. The molecule has 0 saturated carbocycles. The van der Waals surface area contributed by atoms with Gasteiger partial charge in [-0.2, -0.15) is 0 Å². The fraction of sp³-hybridized carbons (Fsp3) is 0.333. The van der Waals surface area contributed by atoms with Crippen molar-refractivity contribution in [1.82, 2.24) is 0 Å². The summed E-state index contributed by atoms with van der Waals surface area (Å²) in [7, 11) is 0. The topological polar surface area (TPSA) is 20.2 Å². The quantitative estimate of drug-likeness (QED) is 0.756. The Kier molecular flexibility index (Phi) is 2.63. The molecule has 0 radical (unpaired) electrons. The smallest absolute Gasteiger partial charge is 0.116 e. The number of aromatic hydroxyl groups is 1. The Balaban J connectivity index is 2.41. The van der Waals surface area contributed by atoms with Crippen molar-refractivity contribution in [1.29, 1.82) is 0 Å². The molecule has 1 nitrogen and oxygen atoms in total. The fourth-order valence-corrected chi connectivity index (χ4v) is 2.00. The molecule has 2 rings (SSSR count). The van der Waals surface area contributed by atoms with Gasteiger partial charge in [0, 0.05) is 0 Å². The molecule has 0 bridgehead atoms. The van der Waals surface area contributed by atoms with Gasteiger partial charge in [0.1, 0.15) is 5.75 Å². The zero-order valence-corrected chi connectivity index (χ0v) is 10.1. The minimum Gasteiger partial charge on any atom is -0.508 e. The maximum Gasteiger partial charge on any atom is 0.116 e. The van der Waals surface area contributed by atoms with Crippen LogP contribution in [0.1, 0.15) is 26.3 Å².